The molecular formula is C14H20N4O2. The molecule has 108 valence electrons. The van der Waals surface area contributed by atoms with Gasteiger partial charge in [0, 0.05) is 6.54 Å². The Labute approximate surface area is 118 Å². The minimum atomic E-state index is -0.388. The van der Waals surface area contributed by atoms with Crippen molar-refractivity contribution in [2.24, 2.45) is 11.7 Å². The second kappa shape index (κ2) is 6.60. The van der Waals surface area contributed by atoms with Crippen molar-refractivity contribution >= 4 is 11.7 Å². The fourth-order valence-corrected chi connectivity index (χ4v) is 2.56. The normalized spacial score (nSPS) is 18.6. The van der Waals surface area contributed by atoms with Crippen molar-refractivity contribution in [1.29, 1.82) is 0 Å². The Morgan fingerprint density at radius 1 is 1.25 bits per heavy atom. The molecule has 0 radical (unpaired) electrons. The zero-order valence-electron chi connectivity index (χ0n) is 11.4. The molecule has 0 saturated carbocycles. The van der Waals surface area contributed by atoms with E-state index < -0.39 is 0 Å². The Balaban J connectivity index is 1.99. The summed E-state index contributed by atoms with van der Waals surface area (Å²) in [6, 6.07) is 9.14. The number of nitrogens with zero attached hydrogens (tertiary/aromatic N) is 2. The first-order valence-electron chi connectivity index (χ1n) is 6.71. The number of ketones is 1. The third-order valence-electron chi connectivity index (χ3n) is 3.48. The molecule has 1 heterocycles. The van der Waals surface area contributed by atoms with Crippen LogP contribution in [0.4, 0.5) is 0 Å². The number of hydrazine groups is 2. The van der Waals surface area contributed by atoms with Crippen LogP contribution in [-0.4, -0.2) is 40.8 Å². The van der Waals surface area contributed by atoms with Crippen LogP contribution in [-0.2, 0) is 16.0 Å². The number of Topliss-reactive ketones (excluding diaryl/α,β-unsaturated/α-hetero) is 1. The Kier molecular flexibility index (Phi) is 4.84. The number of amides is 1. The van der Waals surface area contributed by atoms with Gasteiger partial charge in [0.15, 0.2) is 5.78 Å². The Hall–Kier alpha value is -1.76. The number of rotatable bonds is 5. The third-order valence-corrected chi connectivity index (χ3v) is 3.48. The lowest BCUT2D eigenvalue weighted by Crippen LogP contribution is -2.49. The van der Waals surface area contributed by atoms with E-state index in [-0.39, 0.29) is 24.3 Å². The Morgan fingerprint density at radius 3 is 2.60 bits per heavy atom. The number of hydrogen-bond acceptors (Lipinski definition) is 5. The number of benzene rings is 1. The molecule has 6 nitrogen and oxygen atoms in total. The number of nitrogens with two attached hydrogens (primary N) is 2. The van der Waals surface area contributed by atoms with Crippen molar-refractivity contribution in [3.8, 4) is 0 Å². The second-order valence-corrected chi connectivity index (χ2v) is 5.05. The van der Waals surface area contributed by atoms with Gasteiger partial charge >= 0.3 is 0 Å². The van der Waals surface area contributed by atoms with E-state index in [9.17, 15) is 9.59 Å². The quantitative estimate of drug-likeness (QED) is 0.576. The molecule has 0 aliphatic carbocycles. The average molecular weight is 276 g/mol. The molecule has 6 heteroatoms. The monoisotopic (exact) mass is 276 g/mol. The third kappa shape index (κ3) is 3.63. The summed E-state index contributed by atoms with van der Waals surface area (Å²) >= 11 is 0. The van der Waals surface area contributed by atoms with Gasteiger partial charge in [0.2, 0.25) is 5.91 Å². The minimum absolute atomic E-state index is 0.0207. The molecule has 1 amide bonds. The zero-order chi connectivity index (χ0) is 14.5. The van der Waals surface area contributed by atoms with Gasteiger partial charge in [-0.05, 0) is 18.4 Å². The summed E-state index contributed by atoms with van der Waals surface area (Å²) in [7, 11) is 0. The molecule has 20 heavy (non-hydrogen) atoms. The minimum Gasteiger partial charge on any atom is -0.332 e. The predicted octanol–water partition coefficient (Wildman–Crippen LogP) is -0.161. The Bertz CT molecular complexity index is 475. The molecule has 1 aromatic rings. The summed E-state index contributed by atoms with van der Waals surface area (Å²) in [5.41, 5.74) is 0.954. The van der Waals surface area contributed by atoms with E-state index in [4.69, 9.17) is 11.7 Å². The van der Waals surface area contributed by atoms with Gasteiger partial charge < -0.3 is 4.90 Å². The second-order valence-electron chi connectivity index (χ2n) is 5.05. The number of likely N-dealkylation sites (tertiary alicyclic amines) is 1. The van der Waals surface area contributed by atoms with Crippen molar-refractivity contribution in [3.63, 3.8) is 0 Å². The highest BCUT2D eigenvalue weighted by Crippen LogP contribution is 2.19. The SMILES string of the molecule is NN(N)CC(=O)[C@@H]1CCCN1C(=O)Cc1ccccc1. The van der Waals surface area contributed by atoms with Crippen molar-refractivity contribution in [2.75, 3.05) is 13.1 Å². The molecule has 0 aromatic heterocycles. The summed E-state index contributed by atoms with van der Waals surface area (Å²) in [5.74, 6) is 10.5. The zero-order valence-corrected chi connectivity index (χ0v) is 11.4. The fourth-order valence-electron chi connectivity index (χ4n) is 2.56. The number of hydrogen-bond donors (Lipinski definition) is 2. The highest BCUT2D eigenvalue weighted by molar-refractivity contribution is 5.91. The fraction of sp³-hybridized carbons (Fsp3) is 0.429. The molecule has 2 rings (SSSR count). The van der Waals surface area contributed by atoms with Crippen LogP contribution in [0.1, 0.15) is 18.4 Å². The van der Waals surface area contributed by atoms with Crippen molar-refractivity contribution < 1.29 is 9.59 Å². The van der Waals surface area contributed by atoms with Crippen LogP contribution in [0.5, 0.6) is 0 Å². The van der Waals surface area contributed by atoms with Gasteiger partial charge in [-0.15, -0.1) is 0 Å². The summed E-state index contributed by atoms with van der Waals surface area (Å²) in [6.07, 6.45) is 1.85. The smallest absolute Gasteiger partial charge is 0.227 e. The van der Waals surface area contributed by atoms with Crippen molar-refractivity contribution in [2.45, 2.75) is 25.3 Å². The van der Waals surface area contributed by atoms with Gasteiger partial charge in [-0.25, -0.2) is 0 Å². The molecule has 1 aliphatic heterocycles. The standard InChI is InChI=1S/C14H20N4O2/c15-18(16)10-13(19)12-7-4-8-17(12)14(20)9-11-5-2-1-3-6-11/h1-3,5-6,12H,4,7-10,15-16H2/t12-/m0/s1. The largest absolute Gasteiger partial charge is 0.332 e. The highest BCUT2D eigenvalue weighted by Gasteiger charge is 2.33. The first-order chi connectivity index (χ1) is 9.58. The van der Waals surface area contributed by atoms with E-state index in [1.165, 1.54) is 0 Å². The molecule has 4 N–H and O–H groups in total. The first-order valence-corrected chi connectivity index (χ1v) is 6.71. The van der Waals surface area contributed by atoms with Gasteiger partial charge in [0.05, 0.1) is 19.0 Å². The van der Waals surface area contributed by atoms with Gasteiger partial charge in [-0.1, -0.05) is 30.3 Å². The van der Waals surface area contributed by atoms with Crippen molar-refractivity contribution in [1.82, 2.24) is 10.0 Å². The van der Waals surface area contributed by atoms with Crippen LogP contribution in [0, 0.1) is 0 Å². The van der Waals surface area contributed by atoms with Gasteiger partial charge in [-0.3, -0.25) is 21.3 Å². The Morgan fingerprint density at radius 2 is 1.95 bits per heavy atom. The molecule has 0 bridgehead atoms. The van der Waals surface area contributed by atoms with Crippen LogP contribution >= 0.6 is 0 Å². The number of carbonyl (C=O) groups is 2. The van der Waals surface area contributed by atoms with E-state index in [0.717, 1.165) is 17.1 Å². The summed E-state index contributed by atoms with van der Waals surface area (Å²) in [6.45, 7) is 0.580. The van der Waals surface area contributed by atoms with Crippen LogP contribution in [0.2, 0.25) is 0 Å². The van der Waals surface area contributed by atoms with Gasteiger partial charge in [0.25, 0.3) is 0 Å². The lowest BCUT2D eigenvalue weighted by molar-refractivity contribution is -0.137. The molecule has 1 fully saturated rings. The highest BCUT2D eigenvalue weighted by atomic mass is 16.2. The summed E-state index contributed by atoms with van der Waals surface area (Å²) in [4.78, 5) is 26.0. The lowest BCUT2D eigenvalue weighted by Gasteiger charge is -2.24. The maximum Gasteiger partial charge on any atom is 0.227 e. The van der Waals surface area contributed by atoms with Gasteiger partial charge in [0.1, 0.15) is 0 Å². The summed E-state index contributed by atoms with van der Waals surface area (Å²) in [5, 5.41) is 0.862. The van der Waals surface area contributed by atoms with E-state index >= 15 is 0 Å². The molecule has 1 saturated heterocycles. The molecule has 1 atom stereocenters. The maximum absolute atomic E-state index is 12.3. The van der Waals surface area contributed by atoms with E-state index in [0.29, 0.717) is 19.4 Å². The lowest BCUT2D eigenvalue weighted by atomic mass is 10.1. The van der Waals surface area contributed by atoms with E-state index in [1.54, 1.807) is 4.90 Å². The molecule has 0 spiro atoms. The molecular weight excluding hydrogens is 256 g/mol. The van der Waals surface area contributed by atoms with Crippen LogP contribution < -0.4 is 11.7 Å². The van der Waals surface area contributed by atoms with Crippen LogP contribution in [0.3, 0.4) is 0 Å². The average Bonchev–Trinajstić information content (AvgIpc) is 2.88. The van der Waals surface area contributed by atoms with Crippen LogP contribution in [0.15, 0.2) is 30.3 Å². The topological polar surface area (TPSA) is 92.7 Å². The first kappa shape index (κ1) is 14.6. The van der Waals surface area contributed by atoms with E-state index in [1.807, 2.05) is 30.3 Å². The van der Waals surface area contributed by atoms with E-state index in [2.05, 4.69) is 0 Å². The van der Waals surface area contributed by atoms with Crippen molar-refractivity contribution in [3.05, 3.63) is 35.9 Å². The van der Waals surface area contributed by atoms with Gasteiger partial charge in [-0.2, -0.15) is 5.12 Å². The van der Waals surface area contributed by atoms with Crippen LogP contribution in [0.25, 0.3) is 0 Å². The molecule has 0 unspecified atom stereocenters. The maximum atomic E-state index is 12.3. The molecule has 1 aromatic carbocycles. The number of carbonyl (C=O) groups excluding carboxylic acids is 2. The predicted molar refractivity (Wildman–Crippen MR) is 75.0 cm³/mol. The summed E-state index contributed by atoms with van der Waals surface area (Å²) < 4.78 is 0. The molecule has 1 aliphatic rings.